The maximum absolute atomic E-state index is 9.79. The Morgan fingerprint density at radius 2 is 2.00 bits per heavy atom. The van der Waals surface area contributed by atoms with Crippen LogP contribution in [0.2, 0.25) is 0 Å². The van der Waals surface area contributed by atoms with Crippen LogP contribution in [0, 0.1) is 0 Å². The Bertz CT molecular complexity index is 588. The number of piperidine rings is 1. The van der Waals surface area contributed by atoms with Gasteiger partial charge in [0, 0.05) is 13.1 Å². The molecule has 1 aliphatic rings. The van der Waals surface area contributed by atoms with Crippen LogP contribution in [0.1, 0.15) is 12.8 Å². The molecule has 0 amide bonds. The number of β-amino-alcohol motifs (C(OH)–C–C–N with tert-alkyl or cyclic N) is 1. The monoisotopic (exact) mass is 259 g/mol. The van der Waals surface area contributed by atoms with Gasteiger partial charge in [-0.1, -0.05) is 12.1 Å². The molecule has 1 fully saturated rings. The lowest BCUT2D eigenvalue weighted by atomic mass is 10.1. The van der Waals surface area contributed by atoms with Crippen molar-refractivity contribution in [2.24, 2.45) is 0 Å². The number of ether oxygens (including phenoxy) is 1. The van der Waals surface area contributed by atoms with Gasteiger partial charge in [-0.25, -0.2) is 9.97 Å². The van der Waals surface area contributed by atoms with E-state index in [9.17, 15) is 5.11 Å². The van der Waals surface area contributed by atoms with Crippen molar-refractivity contribution in [2.45, 2.75) is 18.9 Å². The zero-order valence-electron chi connectivity index (χ0n) is 10.9. The largest absolute Gasteiger partial charge is 0.478 e. The maximum atomic E-state index is 9.79. The first-order valence-electron chi connectivity index (χ1n) is 6.51. The Hall–Kier alpha value is -1.88. The molecule has 5 heteroatoms. The molecule has 3 rings (SSSR count). The van der Waals surface area contributed by atoms with E-state index in [1.165, 1.54) is 0 Å². The number of aliphatic hydroxyl groups is 1. The van der Waals surface area contributed by atoms with Crippen molar-refractivity contribution in [3.63, 3.8) is 0 Å². The third-order valence-electron chi connectivity index (χ3n) is 3.41. The fraction of sp³-hybridized carbons (Fsp3) is 0.429. The normalized spacial score (nSPS) is 19.7. The molecule has 1 aromatic heterocycles. The smallest absolute Gasteiger partial charge is 0.257 e. The fourth-order valence-corrected chi connectivity index (χ4v) is 2.46. The molecule has 2 heterocycles. The summed E-state index contributed by atoms with van der Waals surface area (Å²) >= 11 is 0. The molecule has 0 aliphatic carbocycles. The predicted octanol–water partition coefficient (Wildman–Crippen LogP) is 1.60. The number of hydrogen-bond acceptors (Lipinski definition) is 5. The van der Waals surface area contributed by atoms with Crippen molar-refractivity contribution in [2.75, 3.05) is 25.1 Å². The number of rotatable bonds is 2. The highest BCUT2D eigenvalue weighted by Gasteiger charge is 2.23. The zero-order chi connectivity index (χ0) is 13.2. The lowest BCUT2D eigenvalue weighted by Gasteiger charge is -2.31. The molecule has 19 heavy (non-hydrogen) atoms. The SMILES string of the molecule is COc1nc2ccccc2nc1N1CCCC(O)C1. The maximum Gasteiger partial charge on any atom is 0.257 e. The van der Waals surface area contributed by atoms with Crippen molar-refractivity contribution in [3.8, 4) is 5.88 Å². The second-order valence-electron chi connectivity index (χ2n) is 4.79. The molecule has 1 atom stereocenters. The highest BCUT2D eigenvalue weighted by molar-refractivity contribution is 5.77. The lowest BCUT2D eigenvalue weighted by Crippen LogP contribution is -2.39. The van der Waals surface area contributed by atoms with Crippen molar-refractivity contribution in [3.05, 3.63) is 24.3 Å². The molecule has 2 aromatic rings. The summed E-state index contributed by atoms with van der Waals surface area (Å²) in [5.41, 5.74) is 1.67. The van der Waals surface area contributed by atoms with Gasteiger partial charge in [0.15, 0.2) is 5.82 Å². The summed E-state index contributed by atoms with van der Waals surface area (Å²) in [6.45, 7) is 1.46. The van der Waals surface area contributed by atoms with E-state index in [-0.39, 0.29) is 6.10 Å². The minimum atomic E-state index is -0.299. The average Bonchev–Trinajstić information content (AvgIpc) is 2.46. The van der Waals surface area contributed by atoms with E-state index >= 15 is 0 Å². The van der Waals surface area contributed by atoms with E-state index in [1.807, 2.05) is 29.2 Å². The van der Waals surface area contributed by atoms with E-state index in [0.29, 0.717) is 12.4 Å². The highest BCUT2D eigenvalue weighted by Crippen LogP contribution is 2.28. The van der Waals surface area contributed by atoms with Crippen molar-refractivity contribution in [1.82, 2.24) is 9.97 Å². The van der Waals surface area contributed by atoms with Gasteiger partial charge in [0.2, 0.25) is 0 Å². The summed E-state index contributed by atoms with van der Waals surface area (Å²) in [7, 11) is 1.60. The Balaban J connectivity index is 2.05. The van der Waals surface area contributed by atoms with Gasteiger partial charge in [-0.05, 0) is 25.0 Å². The number of aromatic nitrogens is 2. The van der Waals surface area contributed by atoms with Crippen molar-refractivity contribution in [1.29, 1.82) is 0 Å². The van der Waals surface area contributed by atoms with Crippen LogP contribution in [-0.2, 0) is 0 Å². The molecule has 1 saturated heterocycles. The molecule has 0 bridgehead atoms. The van der Waals surface area contributed by atoms with Gasteiger partial charge in [-0.2, -0.15) is 0 Å². The summed E-state index contributed by atoms with van der Waals surface area (Å²) in [4.78, 5) is 11.2. The summed E-state index contributed by atoms with van der Waals surface area (Å²) in [6, 6.07) is 7.73. The molecule has 1 aromatic carbocycles. The third-order valence-corrected chi connectivity index (χ3v) is 3.41. The van der Waals surface area contributed by atoms with Crippen LogP contribution in [0.3, 0.4) is 0 Å². The topological polar surface area (TPSA) is 58.5 Å². The number of fused-ring (bicyclic) bond motifs is 1. The molecular weight excluding hydrogens is 242 g/mol. The predicted molar refractivity (Wildman–Crippen MR) is 73.5 cm³/mol. The number of para-hydroxylation sites is 2. The molecule has 1 unspecified atom stereocenters. The Kier molecular flexibility index (Phi) is 3.21. The van der Waals surface area contributed by atoms with Gasteiger partial charge in [0.05, 0.1) is 24.2 Å². The summed E-state index contributed by atoms with van der Waals surface area (Å²) in [5.74, 6) is 1.24. The molecular formula is C14H17N3O2. The van der Waals surface area contributed by atoms with E-state index in [4.69, 9.17) is 4.74 Å². The molecule has 100 valence electrons. The van der Waals surface area contributed by atoms with E-state index in [0.717, 1.165) is 36.2 Å². The van der Waals surface area contributed by atoms with Gasteiger partial charge in [-0.3, -0.25) is 0 Å². The lowest BCUT2D eigenvalue weighted by molar-refractivity contribution is 0.153. The fourth-order valence-electron chi connectivity index (χ4n) is 2.46. The zero-order valence-corrected chi connectivity index (χ0v) is 10.9. The van der Waals surface area contributed by atoms with Crippen LogP contribution < -0.4 is 9.64 Å². The van der Waals surface area contributed by atoms with E-state index in [1.54, 1.807) is 7.11 Å². The Labute approximate surface area is 111 Å². The van der Waals surface area contributed by atoms with Crippen LogP contribution >= 0.6 is 0 Å². The standard InChI is InChI=1S/C14H17N3O2/c1-19-14-13(17-8-4-5-10(18)9-17)15-11-6-2-3-7-12(11)16-14/h2-3,6-7,10,18H,4-5,8-9H2,1H3. The first kappa shape index (κ1) is 12.2. The number of anilines is 1. The van der Waals surface area contributed by atoms with Gasteiger partial charge in [-0.15, -0.1) is 0 Å². The summed E-state index contributed by atoms with van der Waals surface area (Å²) in [6.07, 6.45) is 1.50. The number of methoxy groups -OCH3 is 1. The van der Waals surface area contributed by atoms with Crippen molar-refractivity contribution < 1.29 is 9.84 Å². The van der Waals surface area contributed by atoms with E-state index in [2.05, 4.69) is 9.97 Å². The minimum Gasteiger partial charge on any atom is -0.478 e. The molecule has 1 N–H and O–H groups in total. The molecule has 0 radical (unpaired) electrons. The second-order valence-corrected chi connectivity index (χ2v) is 4.79. The van der Waals surface area contributed by atoms with Crippen LogP contribution in [0.25, 0.3) is 11.0 Å². The second kappa shape index (κ2) is 5.01. The van der Waals surface area contributed by atoms with E-state index < -0.39 is 0 Å². The average molecular weight is 259 g/mol. The molecule has 0 saturated carbocycles. The highest BCUT2D eigenvalue weighted by atomic mass is 16.5. The first-order valence-corrected chi connectivity index (χ1v) is 6.51. The Morgan fingerprint density at radius 3 is 2.68 bits per heavy atom. The number of hydrogen-bond donors (Lipinski definition) is 1. The summed E-state index contributed by atoms with van der Waals surface area (Å²) in [5, 5.41) is 9.79. The van der Waals surface area contributed by atoms with Gasteiger partial charge < -0.3 is 14.7 Å². The van der Waals surface area contributed by atoms with Crippen molar-refractivity contribution >= 4 is 16.9 Å². The third kappa shape index (κ3) is 2.33. The first-order chi connectivity index (χ1) is 9.28. The molecule has 0 spiro atoms. The van der Waals surface area contributed by atoms with Crippen LogP contribution in [0.5, 0.6) is 5.88 Å². The molecule has 5 nitrogen and oxygen atoms in total. The van der Waals surface area contributed by atoms with Gasteiger partial charge in [0.25, 0.3) is 5.88 Å². The van der Waals surface area contributed by atoms with Gasteiger partial charge in [0.1, 0.15) is 0 Å². The Morgan fingerprint density at radius 1 is 1.26 bits per heavy atom. The van der Waals surface area contributed by atoms with Gasteiger partial charge >= 0.3 is 0 Å². The van der Waals surface area contributed by atoms with Crippen LogP contribution in [-0.4, -0.2) is 41.4 Å². The number of nitrogens with zero attached hydrogens (tertiary/aromatic N) is 3. The molecule has 1 aliphatic heterocycles. The number of benzene rings is 1. The minimum absolute atomic E-state index is 0.299. The summed E-state index contributed by atoms with van der Waals surface area (Å²) < 4.78 is 5.34. The quantitative estimate of drug-likeness (QED) is 0.887. The number of aliphatic hydroxyl groups excluding tert-OH is 1. The van der Waals surface area contributed by atoms with Crippen LogP contribution in [0.4, 0.5) is 5.82 Å². The van der Waals surface area contributed by atoms with Crippen LogP contribution in [0.15, 0.2) is 24.3 Å².